The second-order valence-corrected chi connectivity index (χ2v) is 6.01. The van der Waals surface area contributed by atoms with Crippen LogP contribution in [-0.2, 0) is 9.59 Å². The van der Waals surface area contributed by atoms with Crippen molar-refractivity contribution in [2.45, 2.75) is 45.4 Å². The van der Waals surface area contributed by atoms with Gasteiger partial charge < -0.3 is 10.0 Å². The molecule has 0 spiro atoms. The molecule has 4 heteroatoms. The van der Waals surface area contributed by atoms with Crippen LogP contribution in [0.1, 0.15) is 45.4 Å². The molecule has 0 bridgehead atoms. The van der Waals surface area contributed by atoms with E-state index in [0.717, 1.165) is 38.5 Å². The minimum atomic E-state index is -0.895. The van der Waals surface area contributed by atoms with E-state index in [0.29, 0.717) is 18.4 Å². The second-order valence-electron chi connectivity index (χ2n) is 6.01. The summed E-state index contributed by atoms with van der Waals surface area (Å²) in [6.07, 6.45) is 6.35. The first-order valence-corrected chi connectivity index (χ1v) is 7.07. The maximum absolute atomic E-state index is 12.4. The smallest absolute Gasteiger partial charge is 0.323 e. The summed E-state index contributed by atoms with van der Waals surface area (Å²) in [5.41, 5.74) is 0. The average Bonchev–Trinajstić information content (AvgIpc) is 3.12. The van der Waals surface area contributed by atoms with Crippen LogP contribution in [0, 0.1) is 17.8 Å². The van der Waals surface area contributed by atoms with Crippen LogP contribution >= 0.6 is 0 Å². The van der Waals surface area contributed by atoms with Crippen molar-refractivity contribution in [3.05, 3.63) is 0 Å². The molecule has 2 fully saturated rings. The lowest BCUT2D eigenvalue weighted by atomic mass is 9.82. The number of nitrogens with zero attached hydrogens (tertiary/aromatic N) is 1. The van der Waals surface area contributed by atoms with Gasteiger partial charge in [0.1, 0.15) is 6.54 Å². The van der Waals surface area contributed by atoms with Crippen LogP contribution in [0.4, 0.5) is 0 Å². The molecule has 0 heterocycles. The Morgan fingerprint density at radius 1 is 1.11 bits per heavy atom. The van der Waals surface area contributed by atoms with Gasteiger partial charge in [-0.2, -0.15) is 0 Å². The van der Waals surface area contributed by atoms with E-state index < -0.39 is 5.97 Å². The fourth-order valence-corrected chi connectivity index (χ4v) is 2.77. The van der Waals surface area contributed by atoms with Gasteiger partial charge in [0.05, 0.1) is 0 Å². The topological polar surface area (TPSA) is 57.6 Å². The number of hydrogen-bond acceptors (Lipinski definition) is 2. The summed E-state index contributed by atoms with van der Waals surface area (Å²) in [6.45, 7) is 2.75. The number of amides is 1. The van der Waals surface area contributed by atoms with Gasteiger partial charge in [-0.05, 0) is 50.4 Å². The Labute approximate surface area is 108 Å². The van der Waals surface area contributed by atoms with E-state index in [-0.39, 0.29) is 18.4 Å². The summed E-state index contributed by atoms with van der Waals surface area (Å²) < 4.78 is 0. The molecule has 0 atom stereocenters. The SMILES string of the molecule is CC1CCC(C(=O)N(CC(=O)O)CC2CC2)CC1. The summed E-state index contributed by atoms with van der Waals surface area (Å²) in [7, 11) is 0. The Balaban J connectivity index is 1.90. The van der Waals surface area contributed by atoms with Gasteiger partial charge in [0.25, 0.3) is 0 Å². The van der Waals surface area contributed by atoms with Crippen LogP contribution in [0.3, 0.4) is 0 Å². The molecule has 102 valence electrons. The Morgan fingerprint density at radius 2 is 1.72 bits per heavy atom. The van der Waals surface area contributed by atoms with Crippen LogP contribution in [0.5, 0.6) is 0 Å². The van der Waals surface area contributed by atoms with Gasteiger partial charge in [-0.1, -0.05) is 6.92 Å². The largest absolute Gasteiger partial charge is 0.480 e. The predicted octanol–water partition coefficient (Wildman–Crippen LogP) is 2.14. The number of carboxylic acids is 1. The molecule has 0 aliphatic heterocycles. The lowest BCUT2D eigenvalue weighted by Crippen LogP contribution is -2.41. The number of carbonyl (C=O) groups is 2. The van der Waals surface area contributed by atoms with E-state index in [1.54, 1.807) is 4.90 Å². The molecular weight excluding hydrogens is 230 g/mol. The molecule has 18 heavy (non-hydrogen) atoms. The lowest BCUT2D eigenvalue weighted by Gasteiger charge is -2.30. The predicted molar refractivity (Wildman–Crippen MR) is 68.1 cm³/mol. The fourth-order valence-electron chi connectivity index (χ4n) is 2.77. The van der Waals surface area contributed by atoms with Crippen molar-refractivity contribution in [3.63, 3.8) is 0 Å². The summed E-state index contributed by atoms with van der Waals surface area (Å²) in [5.74, 6) is 0.518. The summed E-state index contributed by atoms with van der Waals surface area (Å²) in [5, 5.41) is 8.91. The van der Waals surface area contributed by atoms with Gasteiger partial charge in [0, 0.05) is 12.5 Å². The molecule has 2 aliphatic carbocycles. The maximum atomic E-state index is 12.4. The van der Waals surface area contributed by atoms with Crippen molar-refractivity contribution in [1.82, 2.24) is 4.90 Å². The van der Waals surface area contributed by atoms with Crippen molar-refractivity contribution in [1.29, 1.82) is 0 Å². The highest BCUT2D eigenvalue weighted by Gasteiger charge is 2.32. The molecular formula is C14H23NO3. The summed E-state index contributed by atoms with van der Waals surface area (Å²) >= 11 is 0. The van der Waals surface area contributed by atoms with Gasteiger partial charge in [0.15, 0.2) is 0 Å². The van der Waals surface area contributed by atoms with Crippen molar-refractivity contribution < 1.29 is 14.7 Å². The van der Waals surface area contributed by atoms with Crippen molar-refractivity contribution >= 4 is 11.9 Å². The Hall–Kier alpha value is -1.06. The van der Waals surface area contributed by atoms with E-state index in [2.05, 4.69) is 6.92 Å². The number of aliphatic carboxylic acids is 1. The zero-order valence-corrected chi connectivity index (χ0v) is 11.1. The van der Waals surface area contributed by atoms with Gasteiger partial charge in [-0.25, -0.2) is 0 Å². The highest BCUT2D eigenvalue weighted by atomic mass is 16.4. The average molecular weight is 253 g/mol. The van der Waals surface area contributed by atoms with E-state index in [4.69, 9.17) is 5.11 Å². The minimum absolute atomic E-state index is 0.0688. The van der Waals surface area contributed by atoms with Gasteiger partial charge in [-0.3, -0.25) is 9.59 Å². The molecule has 0 saturated heterocycles. The standard InChI is InChI=1S/C14H23NO3/c1-10-2-6-12(7-3-10)14(18)15(9-13(16)17)8-11-4-5-11/h10-12H,2-9H2,1H3,(H,16,17). The number of rotatable bonds is 5. The minimum Gasteiger partial charge on any atom is -0.480 e. The molecule has 1 N–H and O–H groups in total. The Bertz CT molecular complexity index is 317. The highest BCUT2D eigenvalue weighted by Crippen LogP contribution is 2.33. The molecule has 1 amide bonds. The molecule has 2 aliphatic rings. The zero-order chi connectivity index (χ0) is 13.1. The van der Waals surface area contributed by atoms with E-state index in [9.17, 15) is 9.59 Å². The molecule has 0 unspecified atom stereocenters. The molecule has 0 radical (unpaired) electrons. The first-order chi connectivity index (χ1) is 8.56. The summed E-state index contributed by atoms with van der Waals surface area (Å²) in [6, 6.07) is 0. The quantitative estimate of drug-likeness (QED) is 0.816. The molecule has 4 nitrogen and oxygen atoms in total. The van der Waals surface area contributed by atoms with E-state index >= 15 is 0 Å². The molecule has 0 aromatic carbocycles. The molecule has 2 rings (SSSR count). The zero-order valence-electron chi connectivity index (χ0n) is 11.1. The summed E-state index contributed by atoms with van der Waals surface area (Å²) in [4.78, 5) is 24.8. The van der Waals surface area contributed by atoms with Crippen molar-refractivity contribution in [2.75, 3.05) is 13.1 Å². The normalized spacial score (nSPS) is 27.8. The fraction of sp³-hybridized carbons (Fsp3) is 0.857. The van der Waals surface area contributed by atoms with Crippen LogP contribution in [0.2, 0.25) is 0 Å². The maximum Gasteiger partial charge on any atom is 0.323 e. The van der Waals surface area contributed by atoms with Crippen LogP contribution < -0.4 is 0 Å². The van der Waals surface area contributed by atoms with Gasteiger partial charge >= 0.3 is 5.97 Å². The van der Waals surface area contributed by atoms with Crippen LogP contribution in [0.15, 0.2) is 0 Å². The number of carboxylic acid groups (broad SMARTS) is 1. The number of carbonyl (C=O) groups excluding carboxylic acids is 1. The number of hydrogen-bond donors (Lipinski definition) is 1. The third-order valence-corrected chi connectivity index (χ3v) is 4.18. The lowest BCUT2D eigenvalue weighted by molar-refractivity contribution is -0.147. The first-order valence-electron chi connectivity index (χ1n) is 7.07. The van der Waals surface area contributed by atoms with Gasteiger partial charge in [0.2, 0.25) is 5.91 Å². The first kappa shape index (κ1) is 13.4. The van der Waals surface area contributed by atoms with E-state index in [1.165, 1.54) is 0 Å². The third-order valence-electron chi connectivity index (χ3n) is 4.18. The Morgan fingerprint density at radius 3 is 2.22 bits per heavy atom. The van der Waals surface area contributed by atoms with Gasteiger partial charge in [-0.15, -0.1) is 0 Å². The molecule has 0 aromatic rings. The second kappa shape index (κ2) is 5.72. The Kier molecular flexibility index (Phi) is 4.25. The van der Waals surface area contributed by atoms with E-state index in [1.807, 2.05) is 0 Å². The molecule has 0 aromatic heterocycles. The van der Waals surface area contributed by atoms with Crippen molar-refractivity contribution in [3.8, 4) is 0 Å². The monoisotopic (exact) mass is 253 g/mol. The van der Waals surface area contributed by atoms with Crippen molar-refractivity contribution in [2.24, 2.45) is 17.8 Å². The van der Waals surface area contributed by atoms with Crippen LogP contribution in [0.25, 0.3) is 0 Å². The third kappa shape index (κ3) is 3.72. The molecule has 2 saturated carbocycles. The van der Waals surface area contributed by atoms with Crippen LogP contribution in [-0.4, -0.2) is 35.0 Å². The highest BCUT2D eigenvalue weighted by molar-refractivity contribution is 5.83.